The average molecular weight is 404 g/mol. The molecule has 30 heavy (non-hydrogen) atoms. The molecule has 152 valence electrons. The Kier molecular flexibility index (Phi) is 6.17. The van der Waals surface area contributed by atoms with Gasteiger partial charge in [0.15, 0.2) is 5.78 Å². The third-order valence-electron chi connectivity index (χ3n) is 4.20. The zero-order chi connectivity index (χ0) is 21.7. The first-order valence-corrected chi connectivity index (χ1v) is 9.19. The molecule has 8 heteroatoms. The van der Waals surface area contributed by atoms with Gasteiger partial charge in [-0.1, -0.05) is 42.5 Å². The van der Waals surface area contributed by atoms with Crippen molar-refractivity contribution in [2.24, 2.45) is 0 Å². The number of anilines is 2. The number of carbonyl (C=O) groups is 3. The van der Waals surface area contributed by atoms with E-state index in [2.05, 4.69) is 15.7 Å². The van der Waals surface area contributed by atoms with Crippen molar-refractivity contribution in [3.63, 3.8) is 0 Å². The molecular formula is C22H20N4O4. The Morgan fingerprint density at radius 3 is 2.33 bits per heavy atom. The van der Waals surface area contributed by atoms with Crippen LogP contribution in [0.3, 0.4) is 0 Å². The fraction of sp³-hybridized carbons (Fsp3) is 0.136. The largest absolute Gasteiger partial charge is 0.324 e. The molecule has 2 N–H and O–H groups in total. The van der Waals surface area contributed by atoms with E-state index in [1.54, 1.807) is 24.3 Å². The van der Waals surface area contributed by atoms with Gasteiger partial charge in [-0.2, -0.15) is 5.10 Å². The van der Waals surface area contributed by atoms with E-state index >= 15 is 0 Å². The highest BCUT2D eigenvalue weighted by atomic mass is 16.2. The molecular weight excluding hydrogens is 384 g/mol. The smallest absolute Gasteiger partial charge is 0.291 e. The predicted molar refractivity (Wildman–Crippen MR) is 113 cm³/mol. The van der Waals surface area contributed by atoms with Gasteiger partial charge in [0.2, 0.25) is 11.8 Å². The molecule has 2 aromatic carbocycles. The van der Waals surface area contributed by atoms with Crippen LogP contribution in [-0.2, 0) is 16.1 Å². The molecule has 0 aliphatic heterocycles. The van der Waals surface area contributed by atoms with E-state index in [9.17, 15) is 19.2 Å². The molecule has 3 aromatic rings. The Labute approximate surface area is 172 Å². The summed E-state index contributed by atoms with van der Waals surface area (Å²) in [6, 6.07) is 17.1. The number of nitrogens with zero attached hydrogens (tertiary/aromatic N) is 2. The summed E-state index contributed by atoms with van der Waals surface area (Å²) in [4.78, 5) is 48.2. The van der Waals surface area contributed by atoms with Gasteiger partial charge in [-0.3, -0.25) is 19.2 Å². The van der Waals surface area contributed by atoms with Crippen LogP contribution < -0.4 is 16.2 Å². The highest BCUT2D eigenvalue weighted by Gasteiger charge is 2.14. The molecule has 0 saturated carbocycles. The predicted octanol–water partition coefficient (Wildman–Crippen LogP) is 2.71. The van der Waals surface area contributed by atoms with Crippen molar-refractivity contribution in [2.45, 2.75) is 20.4 Å². The van der Waals surface area contributed by atoms with E-state index in [1.165, 1.54) is 19.9 Å². The Morgan fingerprint density at radius 1 is 0.933 bits per heavy atom. The molecule has 1 heterocycles. The van der Waals surface area contributed by atoms with Gasteiger partial charge in [0, 0.05) is 23.7 Å². The van der Waals surface area contributed by atoms with Crippen LogP contribution in [0.25, 0.3) is 11.3 Å². The maximum Gasteiger partial charge on any atom is 0.291 e. The van der Waals surface area contributed by atoms with Gasteiger partial charge in [-0.05, 0) is 25.1 Å². The summed E-state index contributed by atoms with van der Waals surface area (Å²) in [5.41, 5.74) is 1.49. The quantitative estimate of drug-likeness (QED) is 0.614. The highest BCUT2D eigenvalue weighted by molar-refractivity contribution is 5.97. The fourth-order valence-electron chi connectivity index (χ4n) is 2.83. The van der Waals surface area contributed by atoms with E-state index in [-0.39, 0.29) is 18.0 Å². The first-order valence-electron chi connectivity index (χ1n) is 9.19. The number of hydrogen-bond donors (Lipinski definition) is 2. The number of ketones is 1. The van der Waals surface area contributed by atoms with Crippen molar-refractivity contribution in [2.75, 3.05) is 10.6 Å². The van der Waals surface area contributed by atoms with Crippen LogP contribution in [0.1, 0.15) is 24.2 Å². The molecule has 0 atom stereocenters. The molecule has 0 aliphatic rings. The van der Waals surface area contributed by atoms with Crippen molar-refractivity contribution in [1.82, 2.24) is 9.78 Å². The van der Waals surface area contributed by atoms with Crippen LogP contribution in [-0.4, -0.2) is 27.4 Å². The summed E-state index contributed by atoms with van der Waals surface area (Å²) in [6.07, 6.45) is 0. The second-order valence-corrected chi connectivity index (χ2v) is 6.64. The Hall–Kier alpha value is -4.07. The van der Waals surface area contributed by atoms with Crippen molar-refractivity contribution < 1.29 is 14.4 Å². The lowest BCUT2D eigenvalue weighted by Gasteiger charge is -2.12. The molecule has 0 unspecified atom stereocenters. The van der Waals surface area contributed by atoms with Crippen LogP contribution in [0.5, 0.6) is 0 Å². The van der Waals surface area contributed by atoms with Gasteiger partial charge >= 0.3 is 0 Å². The number of aromatic nitrogens is 2. The summed E-state index contributed by atoms with van der Waals surface area (Å²) in [6.45, 7) is 2.36. The lowest BCUT2D eigenvalue weighted by molar-refractivity contribution is -0.117. The Bertz CT molecular complexity index is 1170. The second kappa shape index (κ2) is 8.95. The normalized spacial score (nSPS) is 10.3. The van der Waals surface area contributed by atoms with E-state index < -0.39 is 17.4 Å². The zero-order valence-electron chi connectivity index (χ0n) is 16.5. The summed E-state index contributed by atoms with van der Waals surface area (Å²) in [5.74, 6) is -1.03. The maximum atomic E-state index is 12.7. The number of carbonyl (C=O) groups excluding carboxylic acids is 3. The van der Waals surface area contributed by atoms with Crippen molar-refractivity contribution in [1.29, 1.82) is 0 Å². The van der Waals surface area contributed by atoms with Crippen LogP contribution in [0.4, 0.5) is 11.4 Å². The minimum absolute atomic E-state index is 0.0303. The lowest BCUT2D eigenvalue weighted by atomic mass is 10.1. The monoisotopic (exact) mass is 404 g/mol. The first-order chi connectivity index (χ1) is 14.3. The molecule has 0 spiro atoms. The third kappa shape index (κ3) is 5.05. The summed E-state index contributed by atoms with van der Waals surface area (Å²) >= 11 is 0. The molecule has 0 fully saturated rings. The topological polar surface area (TPSA) is 110 Å². The maximum absolute atomic E-state index is 12.7. The molecule has 0 aliphatic carbocycles. The molecule has 1 aromatic heterocycles. The minimum Gasteiger partial charge on any atom is -0.324 e. The van der Waals surface area contributed by atoms with Gasteiger partial charge in [-0.25, -0.2) is 4.68 Å². The number of Topliss-reactive ketones (excluding diaryl/α,β-unsaturated/α-hetero) is 1. The van der Waals surface area contributed by atoms with E-state index in [0.717, 1.165) is 10.2 Å². The van der Waals surface area contributed by atoms with Gasteiger partial charge < -0.3 is 10.6 Å². The second-order valence-electron chi connectivity index (χ2n) is 6.64. The van der Waals surface area contributed by atoms with E-state index in [4.69, 9.17) is 0 Å². The highest BCUT2D eigenvalue weighted by Crippen LogP contribution is 2.18. The van der Waals surface area contributed by atoms with Crippen molar-refractivity contribution in [3.05, 3.63) is 76.6 Å². The number of hydrogen-bond acceptors (Lipinski definition) is 5. The van der Waals surface area contributed by atoms with Gasteiger partial charge in [0.05, 0.1) is 5.69 Å². The van der Waals surface area contributed by atoms with Crippen molar-refractivity contribution in [3.8, 4) is 11.3 Å². The van der Waals surface area contributed by atoms with Crippen LogP contribution in [0, 0.1) is 0 Å². The SMILES string of the molecule is CC(=O)Nc1cc(-c2ccccc2)nn(CC(=O)Nc2cccc(C(C)=O)c2)c1=O. The van der Waals surface area contributed by atoms with Crippen molar-refractivity contribution >= 4 is 29.0 Å². The molecule has 8 nitrogen and oxygen atoms in total. The van der Waals surface area contributed by atoms with Crippen LogP contribution >= 0.6 is 0 Å². The molecule has 0 saturated heterocycles. The lowest BCUT2D eigenvalue weighted by Crippen LogP contribution is -2.32. The van der Waals surface area contributed by atoms with Crippen LogP contribution in [0.15, 0.2) is 65.5 Å². The molecule has 2 amide bonds. The molecule has 0 bridgehead atoms. The van der Waals surface area contributed by atoms with Gasteiger partial charge in [-0.15, -0.1) is 0 Å². The van der Waals surface area contributed by atoms with Gasteiger partial charge in [0.1, 0.15) is 12.2 Å². The molecule has 0 radical (unpaired) electrons. The Balaban J connectivity index is 1.91. The van der Waals surface area contributed by atoms with E-state index in [1.807, 2.05) is 30.3 Å². The summed E-state index contributed by atoms with van der Waals surface area (Å²) < 4.78 is 0.998. The third-order valence-corrected chi connectivity index (χ3v) is 4.20. The number of benzene rings is 2. The number of rotatable bonds is 6. The zero-order valence-corrected chi connectivity index (χ0v) is 16.5. The number of amides is 2. The van der Waals surface area contributed by atoms with Gasteiger partial charge in [0.25, 0.3) is 5.56 Å². The minimum atomic E-state index is -0.600. The summed E-state index contributed by atoms with van der Waals surface area (Å²) in [7, 11) is 0. The average Bonchev–Trinajstić information content (AvgIpc) is 2.71. The molecule has 3 rings (SSSR count). The van der Waals surface area contributed by atoms with E-state index in [0.29, 0.717) is 16.9 Å². The fourth-order valence-corrected chi connectivity index (χ4v) is 2.83. The first kappa shape index (κ1) is 20.7. The number of nitrogens with one attached hydrogen (secondary N) is 2. The summed E-state index contributed by atoms with van der Waals surface area (Å²) in [5, 5.41) is 9.41. The standard InChI is InChI=1S/C22H20N4O4/c1-14(27)17-9-6-10-18(11-17)24-21(29)13-26-22(30)20(23-15(2)28)12-19(25-26)16-7-4-3-5-8-16/h3-12H,13H2,1-2H3,(H,23,28)(H,24,29). The van der Waals surface area contributed by atoms with Crippen LogP contribution in [0.2, 0.25) is 0 Å². The Morgan fingerprint density at radius 2 is 1.67 bits per heavy atom.